The van der Waals surface area contributed by atoms with E-state index in [1.807, 2.05) is 6.92 Å². The van der Waals surface area contributed by atoms with Gasteiger partial charge in [0.15, 0.2) is 0 Å². The van der Waals surface area contributed by atoms with Crippen molar-refractivity contribution in [3.63, 3.8) is 0 Å². The highest BCUT2D eigenvalue weighted by atomic mass is 16.4. The number of carbonyl (C=O) groups is 1. The van der Waals surface area contributed by atoms with Crippen molar-refractivity contribution < 1.29 is 9.90 Å². The average molecular weight is 302 g/mol. The Morgan fingerprint density at radius 1 is 1.27 bits per heavy atom. The number of hydrogen-bond acceptors (Lipinski definition) is 1. The zero-order chi connectivity index (χ0) is 16.2. The second kappa shape index (κ2) is 4.97. The Morgan fingerprint density at radius 2 is 2.00 bits per heavy atom. The lowest BCUT2D eigenvalue weighted by atomic mass is 9.45. The standard InChI is InChI=1S/C20H30O2/c1-5-18(2)12-9-15-14(13-18)7-8-16-19(15,3)10-6-11-20(16,4)17(21)22/h5,13,15-16H,1,6-12H2,2-4H3,(H,21,22)/t15-,16?,18-,19+,20+/m0/s1. The first kappa shape index (κ1) is 15.8. The number of carboxylic acid groups (broad SMARTS) is 1. The van der Waals surface area contributed by atoms with Gasteiger partial charge in [0.25, 0.3) is 0 Å². The molecule has 2 fully saturated rings. The molecular formula is C20H30O2. The molecular weight excluding hydrogens is 272 g/mol. The summed E-state index contributed by atoms with van der Waals surface area (Å²) in [7, 11) is 0. The SMILES string of the molecule is C=C[C@]1(C)C=C2CCC3[C@](C)(C(=O)O)CCC[C@]3(C)[C@H]2CC1. The molecule has 3 rings (SSSR count). The second-order valence-electron chi connectivity index (χ2n) is 8.69. The van der Waals surface area contributed by atoms with Crippen molar-refractivity contribution in [3.8, 4) is 0 Å². The number of carboxylic acids is 1. The van der Waals surface area contributed by atoms with Crippen LogP contribution in [-0.4, -0.2) is 11.1 Å². The average Bonchev–Trinajstić information content (AvgIpc) is 2.46. The molecule has 0 bridgehead atoms. The Labute approximate surface area is 134 Å². The van der Waals surface area contributed by atoms with Crippen LogP contribution >= 0.6 is 0 Å². The maximum atomic E-state index is 12.0. The fourth-order valence-corrected chi connectivity index (χ4v) is 5.94. The summed E-state index contributed by atoms with van der Waals surface area (Å²) in [5.41, 5.74) is 1.36. The summed E-state index contributed by atoms with van der Waals surface area (Å²) < 4.78 is 0. The Balaban J connectivity index is 1.99. The summed E-state index contributed by atoms with van der Waals surface area (Å²) in [5.74, 6) is 0.322. The van der Waals surface area contributed by atoms with Crippen molar-refractivity contribution in [3.05, 3.63) is 24.3 Å². The summed E-state index contributed by atoms with van der Waals surface area (Å²) in [5, 5.41) is 9.84. The number of allylic oxidation sites excluding steroid dienone is 3. The predicted octanol–water partition coefficient (Wildman–Crippen LogP) is 5.21. The van der Waals surface area contributed by atoms with Crippen LogP contribution < -0.4 is 0 Å². The van der Waals surface area contributed by atoms with Gasteiger partial charge in [-0.3, -0.25) is 4.79 Å². The lowest BCUT2D eigenvalue weighted by Gasteiger charge is -2.59. The molecule has 2 saturated carbocycles. The fourth-order valence-electron chi connectivity index (χ4n) is 5.94. The molecule has 3 aliphatic carbocycles. The monoisotopic (exact) mass is 302 g/mol. The zero-order valence-corrected chi connectivity index (χ0v) is 14.3. The summed E-state index contributed by atoms with van der Waals surface area (Å²) in [6, 6.07) is 0. The van der Waals surface area contributed by atoms with E-state index < -0.39 is 11.4 Å². The topological polar surface area (TPSA) is 37.3 Å². The quantitative estimate of drug-likeness (QED) is 0.711. The molecule has 0 aromatic heterocycles. The van der Waals surface area contributed by atoms with Gasteiger partial charge in [-0.2, -0.15) is 0 Å². The highest BCUT2D eigenvalue weighted by Crippen LogP contribution is 2.63. The van der Waals surface area contributed by atoms with E-state index in [-0.39, 0.29) is 10.8 Å². The van der Waals surface area contributed by atoms with Crippen molar-refractivity contribution in [2.45, 2.75) is 65.7 Å². The molecule has 0 aromatic rings. The van der Waals surface area contributed by atoms with E-state index in [2.05, 4.69) is 32.6 Å². The van der Waals surface area contributed by atoms with Crippen LogP contribution in [0.5, 0.6) is 0 Å². The second-order valence-corrected chi connectivity index (χ2v) is 8.69. The van der Waals surface area contributed by atoms with Crippen molar-refractivity contribution in [1.29, 1.82) is 0 Å². The number of rotatable bonds is 2. The minimum Gasteiger partial charge on any atom is -0.481 e. The summed E-state index contributed by atoms with van der Waals surface area (Å²) >= 11 is 0. The van der Waals surface area contributed by atoms with Crippen LogP contribution in [0.25, 0.3) is 0 Å². The van der Waals surface area contributed by atoms with Crippen molar-refractivity contribution in [2.24, 2.45) is 28.1 Å². The molecule has 0 radical (unpaired) electrons. The van der Waals surface area contributed by atoms with E-state index in [4.69, 9.17) is 0 Å². The first-order valence-electron chi connectivity index (χ1n) is 8.84. The van der Waals surface area contributed by atoms with E-state index in [1.165, 1.54) is 12.8 Å². The van der Waals surface area contributed by atoms with Gasteiger partial charge in [0, 0.05) is 5.41 Å². The predicted molar refractivity (Wildman–Crippen MR) is 89.5 cm³/mol. The number of fused-ring (bicyclic) bond motifs is 3. The van der Waals surface area contributed by atoms with Crippen LogP contribution in [0.15, 0.2) is 24.3 Å². The van der Waals surface area contributed by atoms with Gasteiger partial charge in [0.05, 0.1) is 5.41 Å². The maximum absolute atomic E-state index is 12.0. The summed E-state index contributed by atoms with van der Waals surface area (Å²) in [4.78, 5) is 12.0. The molecule has 122 valence electrons. The van der Waals surface area contributed by atoms with Gasteiger partial charge in [-0.05, 0) is 62.7 Å². The van der Waals surface area contributed by atoms with Gasteiger partial charge in [0.1, 0.15) is 0 Å². The molecule has 3 aliphatic rings. The lowest BCUT2D eigenvalue weighted by Crippen LogP contribution is -2.54. The minimum atomic E-state index is -0.581. The van der Waals surface area contributed by atoms with Crippen molar-refractivity contribution >= 4 is 5.97 Å². The van der Waals surface area contributed by atoms with E-state index in [9.17, 15) is 9.90 Å². The van der Waals surface area contributed by atoms with E-state index in [1.54, 1.807) is 5.57 Å². The van der Waals surface area contributed by atoms with Crippen LogP contribution in [0.2, 0.25) is 0 Å². The Bertz CT molecular complexity index is 534. The van der Waals surface area contributed by atoms with Gasteiger partial charge >= 0.3 is 5.97 Å². The minimum absolute atomic E-state index is 0.139. The molecule has 0 heterocycles. The smallest absolute Gasteiger partial charge is 0.309 e. The highest BCUT2D eigenvalue weighted by molar-refractivity contribution is 5.75. The third-order valence-electron chi connectivity index (χ3n) is 7.38. The molecule has 1 N–H and O–H groups in total. The Morgan fingerprint density at radius 3 is 2.64 bits per heavy atom. The molecule has 0 aromatic carbocycles. The normalized spacial score (nSPS) is 47.9. The third-order valence-corrected chi connectivity index (χ3v) is 7.38. The molecule has 1 unspecified atom stereocenters. The van der Waals surface area contributed by atoms with E-state index >= 15 is 0 Å². The Hall–Kier alpha value is -1.05. The Kier molecular flexibility index (Phi) is 3.58. The molecule has 2 heteroatoms. The summed E-state index contributed by atoms with van der Waals surface area (Å²) in [6.07, 6.45) is 12.1. The van der Waals surface area contributed by atoms with E-state index in [0.29, 0.717) is 11.8 Å². The van der Waals surface area contributed by atoms with Gasteiger partial charge < -0.3 is 5.11 Å². The van der Waals surface area contributed by atoms with Gasteiger partial charge in [-0.25, -0.2) is 0 Å². The molecule has 22 heavy (non-hydrogen) atoms. The lowest BCUT2D eigenvalue weighted by molar-refractivity contribution is -0.164. The largest absolute Gasteiger partial charge is 0.481 e. The molecule has 0 aliphatic heterocycles. The maximum Gasteiger partial charge on any atom is 0.309 e. The fraction of sp³-hybridized carbons (Fsp3) is 0.750. The van der Waals surface area contributed by atoms with Crippen LogP contribution in [0, 0.1) is 28.1 Å². The van der Waals surface area contributed by atoms with Crippen LogP contribution in [-0.2, 0) is 4.79 Å². The number of hydrogen-bond donors (Lipinski definition) is 1. The molecule has 0 amide bonds. The first-order valence-corrected chi connectivity index (χ1v) is 8.84. The first-order chi connectivity index (χ1) is 10.3. The van der Waals surface area contributed by atoms with Gasteiger partial charge in [0.2, 0.25) is 0 Å². The molecule has 0 spiro atoms. The van der Waals surface area contributed by atoms with Gasteiger partial charge in [-0.1, -0.05) is 38.0 Å². The van der Waals surface area contributed by atoms with Crippen molar-refractivity contribution in [1.82, 2.24) is 0 Å². The highest BCUT2D eigenvalue weighted by Gasteiger charge is 2.58. The molecule has 5 atom stereocenters. The summed E-state index contributed by atoms with van der Waals surface area (Å²) in [6.45, 7) is 10.7. The molecule has 2 nitrogen and oxygen atoms in total. The van der Waals surface area contributed by atoms with Crippen LogP contribution in [0.4, 0.5) is 0 Å². The van der Waals surface area contributed by atoms with Crippen LogP contribution in [0.1, 0.15) is 65.7 Å². The van der Waals surface area contributed by atoms with Crippen LogP contribution in [0.3, 0.4) is 0 Å². The number of aliphatic carboxylic acids is 1. The van der Waals surface area contributed by atoms with Crippen molar-refractivity contribution in [2.75, 3.05) is 0 Å². The molecule has 0 saturated heterocycles. The van der Waals surface area contributed by atoms with Gasteiger partial charge in [-0.15, -0.1) is 6.58 Å². The zero-order valence-electron chi connectivity index (χ0n) is 14.3. The third kappa shape index (κ3) is 2.10. The van der Waals surface area contributed by atoms with E-state index in [0.717, 1.165) is 32.1 Å².